The summed E-state index contributed by atoms with van der Waals surface area (Å²) in [5.74, 6) is 0. The number of nitrogens with one attached hydrogen (secondary N) is 2. The molecule has 0 atom stereocenters. The number of nitrogen functional groups attached to an aromatic ring is 1. The Kier molecular flexibility index (Phi) is 3.55. The Balaban J connectivity index is 1.51. The lowest BCUT2D eigenvalue weighted by Gasteiger charge is -2.16. The SMILES string of the molecule is Nc1cc(Cl)c2c(c1)NN(c1ccc(Nc3ccccc3)cc1)[N]2. The number of benzene rings is 3. The number of halogens is 1. The third-order valence-electron chi connectivity index (χ3n) is 3.69. The van der Waals surface area contributed by atoms with Gasteiger partial charge >= 0.3 is 0 Å². The van der Waals surface area contributed by atoms with E-state index >= 15 is 0 Å². The number of nitrogens with two attached hydrogens (primary N) is 1. The molecule has 6 heteroatoms. The maximum atomic E-state index is 6.19. The maximum absolute atomic E-state index is 6.19. The van der Waals surface area contributed by atoms with Crippen LogP contribution in [-0.2, 0) is 0 Å². The van der Waals surface area contributed by atoms with E-state index in [2.05, 4.69) is 16.2 Å². The average molecular weight is 337 g/mol. The summed E-state index contributed by atoms with van der Waals surface area (Å²) in [5, 5.41) is 5.56. The minimum Gasteiger partial charge on any atom is -0.399 e. The van der Waals surface area contributed by atoms with E-state index in [0.29, 0.717) is 16.4 Å². The molecule has 1 aliphatic heterocycles. The highest BCUT2D eigenvalue weighted by Gasteiger charge is 2.23. The standard InChI is InChI=1S/C18H15ClN5/c19-16-10-12(20)11-17-18(16)23-24(22-17)15-8-6-14(7-9-15)21-13-4-2-1-3-5-13/h1-11,21-22H,20H2. The van der Waals surface area contributed by atoms with Gasteiger partial charge in [-0.05, 0) is 48.5 Å². The lowest BCUT2D eigenvalue weighted by atomic mass is 10.2. The van der Waals surface area contributed by atoms with E-state index in [1.54, 1.807) is 11.2 Å². The van der Waals surface area contributed by atoms with Crippen LogP contribution in [0, 0.1) is 0 Å². The van der Waals surface area contributed by atoms with Crippen molar-refractivity contribution in [3.05, 3.63) is 71.8 Å². The average Bonchev–Trinajstić information content (AvgIpc) is 3.01. The topological polar surface area (TPSA) is 67.4 Å². The Morgan fingerprint density at radius 1 is 0.958 bits per heavy atom. The zero-order valence-electron chi connectivity index (χ0n) is 12.7. The Labute approximate surface area is 145 Å². The number of para-hydroxylation sites is 1. The van der Waals surface area contributed by atoms with E-state index in [1.807, 2.05) is 60.7 Å². The first-order valence-electron chi connectivity index (χ1n) is 7.49. The van der Waals surface area contributed by atoms with Gasteiger partial charge in [-0.3, -0.25) is 5.43 Å². The van der Waals surface area contributed by atoms with Gasteiger partial charge in [0.2, 0.25) is 0 Å². The van der Waals surface area contributed by atoms with E-state index < -0.39 is 0 Å². The van der Waals surface area contributed by atoms with Crippen molar-refractivity contribution in [1.29, 1.82) is 0 Å². The summed E-state index contributed by atoms with van der Waals surface area (Å²) in [5.41, 5.74) is 18.5. The fourth-order valence-electron chi connectivity index (χ4n) is 2.54. The molecule has 0 spiro atoms. The number of hydrogen-bond acceptors (Lipinski definition) is 4. The number of rotatable bonds is 3. The normalized spacial score (nSPS) is 12.3. The number of nitrogens with zero attached hydrogens (tertiary/aromatic N) is 2. The van der Waals surface area contributed by atoms with Crippen molar-refractivity contribution in [2.24, 2.45) is 0 Å². The highest BCUT2D eigenvalue weighted by molar-refractivity contribution is 6.34. The Hall–Kier alpha value is -3.05. The molecule has 4 rings (SSSR count). The second kappa shape index (κ2) is 5.86. The van der Waals surface area contributed by atoms with Crippen LogP contribution in [0.2, 0.25) is 5.02 Å². The molecular weight excluding hydrogens is 322 g/mol. The fraction of sp³-hybridized carbons (Fsp3) is 0. The summed E-state index contributed by atoms with van der Waals surface area (Å²) in [6.45, 7) is 0. The Bertz CT molecular complexity index is 865. The van der Waals surface area contributed by atoms with Gasteiger partial charge in [-0.15, -0.1) is 5.43 Å². The Morgan fingerprint density at radius 3 is 2.42 bits per heavy atom. The molecule has 3 aromatic carbocycles. The van der Waals surface area contributed by atoms with Crippen molar-refractivity contribution < 1.29 is 0 Å². The van der Waals surface area contributed by atoms with Crippen molar-refractivity contribution in [2.75, 3.05) is 21.6 Å². The second-order valence-corrected chi connectivity index (χ2v) is 5.87. The molecule has 0 aromatic heterocycles. The van der Waals surface area contributed by atoms with E-state index in [0.717, 1.165) is 22.7 Å². The summed E-state index contributed by atoms with van der Waals surface area (Å²) in [7, 11) is 0. The minimum absolute atomic E-state index is 0.530. The van der Waals surface area contributed by atoms with Crippen molar-refractivity contribution in [3.8, 4) is 0 Å². The summed E-state index contributed by atoms with van der Waals surface area (Å²) in [4.78, 5) is 0. The lowest BCUT2D eigenvalue weighted by molar-refractivity contribution is 0.867. The van der Waals surface area contributed by atoms with Crippen LogP contribution >= 0.6 is 11.6 Å². The molecule has 0 amide bonds. The van der Waals surface area contributed by atoms with Crippen molar-refractivity contribution in [2.45, 2.75) is 0 Å². The molecule has 1 heterocycles. The van der Waals surface area contributed by atoms with Crippen LogP contribution < -0.4 is 27.0 Å². The van der Waals surface area contributed by atoms with Crippen LogP contribution in [0.15, 0.2) is 66.7 Å². The van der Waals surface area contributed by atoms with Crippen LogP contribution in [0.5, 0.6) is 0 Å². The molecule has 0 fully saturated rings. The van der Waals surface area contributed by atoms with E-state index in [-0.39, 0.29) is 0 Å². The van der Waals surface area contributed by atoms with Crippen molar-refractivity contribution >= 4 is 45.7 Å². The van der Waals surface area contributed by atoms with Gasteiger partial charge in [0, 0.05) is 17.1 Å². The molecule has 0 bridgehead atoms. The third-order valence-corrected chi connectivity index (χ3v) is 3.97. The second-order valence-electron chi connectivity index (χ2n) is 5.46. The molecule has 0 saturated heterocycles. The molecule has 3 aromatic rings. The first-order chi connectivity index (χ1) is 11.7. The molecule has 1 radical (unpaired) electrons. The van der Waals surface area contributed by atoms with E-state index in [9.17, 15) is 0 Å². The summed E-state index contributed by atoms with van der Waals surface area (Å²) in [6, 6.07) is 21.5. The molecule has 24 heavy (non-hydrogen) atoms. The van der Waals surface area contributed by atoms with Crippen LogP contribution in [-0.4, -0.2) is 0 Å². The molecule has 0 saturated carbocycles. The zero-order chi connectivity index (χ0) is 16.5. The maximum Gasteiger partial charge on any atom is 0.129 e. The molecule has 4 N–H and O–H groups in total. The van der Waals surface area contributed by atoms with Gasteiger partial charge in [-0.1, -0.05) is 29.8 Å². The van der Waals surface area contributed by atoms with Gasteiger partial charge in [0.15, 0.2) is 0 Å². The quantitative estimate of drug-likeness (QED) is 0.608. The summed E-state index contributed by atoms with van der Waals surface area (Å²) >= 11 is 6.19. The van der Waals surface area contributed by atoms with Gasteiger partial charge in [0.05, 0.1) is 16.4 Å². The number of anilines is 5. The molecule has 1 aliphatic rings. The molecule has 5 nitrogen and oxygen atoms in total. The van der Waals surface area contributed by atoms with Crippen LogP contribution in [0.4, 0.5) is 34.1 Å². The summed E-state index contributed by atoms with van der Waals surface area (Å²) in [6.07, 6.45) is 0. The van der Waals surface area contributed by atoms with Crippen LogP contribution in [0.3, 0.4) is 0 Å². The first kappa shape index (κ1) is 14.5. The van der Waals surface area contributed by atoms with Crippen LogP contribution in [0.25, 0.3) is 0 Å². The van der Waals surface area contributed by atoms with Crippen molar-refractivity contribution in [3.63, 3.8) is 0 Å². The van der Waals surface area contributed by atoms with E-state index in [4.69, 9.17) is 17.3 Å². The van der Waals surface area contributed by atoms with Gasteiger partial charge in [0.25, 0.3) is 0 Å². The Morgan fingerprint density at radius 2 is 1.67 bits per heavy atom. The van der Waals surface area contributed by atoms with Gasteiger partial charge in [-0.25, -0.2) is 0 Å². The van der Waals surface area contributed by atoms with Crippen molar-refractivity contribution in [1.82, 2.24) is 5.43 Å². The van der Waals surface area contributed by atoms with Gasteiger partial charge in [-0.2, -0.15) is 5.12 Å². The first-order valence-corrected chi connectivity index (χ1v) is 7.86. The molecule has 0 aliphatic carbocycles. The molecule has 119 valence electrons. The molecular formula is C18H15ClN5. The third kappa shape index (κ3) is 2.77. The smallest absolute Gasteiger partial charge is 0.129 e. The number of fused-ring (bicyclic) bond motifs is 1. The number of hydrazine groups is 1. The lowest BCUT2D eigenvalue weighted by Crippen LogP contribution is -2.28. The monoisotopic (exact) mass is 336 g/mol. The van der Waals surface area contributed by atoms with Crippen LogP contribution in [0.1, 0.15) is 0 Å². The zero-order valence-corrected chi connectivity index (χ0v) is 13.5. The van der Waals surface area contributed by atoms with E-state index in [1.165, 1.54) is 0 Å². The predicted molar refractivity (Wildman–Crippen MR) is 99.9 cm³/mol. The number of hydrogen-bond donors (Lipinski definition) is 3. The fourth-order valence-corrected chi connectivity index (χ4v) is 2.81. The van der Waals surface area contributed by atoms with Gasteiger partial charge < -0.3 is 11.1 Å². The highest BCUT2D eigenvalue weighted by Crippen LogP contribution is 2.39. The largest absolute Gasteiger partial charge is 0.399 e. The van der Waals surface area contributed by atoms with Gasteiger partial charge in [0.1, 0.15) is 5.69 Å². The minimum atomic E-state index is 0.530. The highest BCUT2D eigenvalue weighted by atomic mass is 35.5. The predicted octanol–water partition coefficient (Wildman–Crippen LogP) is 4.66. The molecule has 0 unspecified atom stereocenters. The summed E-state index contributed by atoms with van der Waals surface area (Å²) < 4.78 is 0.